The lowest BCUT2D eigenvalue weighted by Crippen LogP contribution is -2.59. The summed E-state index contributed by atoms with van der Waals surface area (Å²) in [5.74, 6) is 0.923. The highest BCUT2D eigenvalue weighted by molar-refractivity contribution is 5.88. The molecule has 46 heavy (non-hydrogen) atoms. The number of carboxylic acids is 2. The van der Waals surface area contributed by atoms with Crippen molar-refractivity contribution in [2.24, 2.45) is 61.6 Å². The van der Waals surface area contributed by atoms with Crippen molar-refractivity contribution < 1.29 is 29.7 Å². The predicted molar refractivity (Wildman–Crippen MR) is 177 cm³/mol. The Morgan fingerprint density at radius 3 is 1.59 bits per heavy atom. The molecule has 256 valence electrons. The van der Waals surface area contributed by atoms with E-state index < -0.39 is 28.4 Å². The van der Waals surface area contributed by atoms with Gasteiger partial charge in [-0.15, -0.1) is 0 Å². The van der Waals surface area contributed by atoms with Gasteiger partial charge in [-0.2, -0.15) is 0 Å². The Morgan fingerprint density at radius 2 is 1.09 bits per heavy atom. The number of aliphatic carboxylic acids is 2. The minimum atomic E-state index is -0.634. The Hall–Kier alpha value is -1.69. The van der Waals surface area contributed by atoms with Gasteiger partial charge in [-0.25, -0.2) is 0 Å². The molecule has 12 atom stereocenters. The van der Waals surface area contributed by atoms with Crippen molar-refractivity contribution in [1.29, 1.82) is 0 Å². The van der Waals surface area contributed by atoms with Crippen molar-refractivity contribution in [3.8, 4) is 0 Å². The molecule has 0 aromatic carbocycles. The molecule has 8 saturated carbocycles. The maximum atomic E-state index is 12.6. The Balaban J connectivity index is 0.000000147. The number of rotatable bonds is 2. The van der Waals surface area contributed by atoms with Crippen molar-refractivity contribution in [1.82, 2.24) is 0 Å². The molecular weight excluding hydrogens is 576 g/mol. The Kier molecular flexibility index (Phi) is 7.10. The maximum Gasteiger partial charge on any atom is 0.309 e. The van der Waals surface area contributed by atoms with Crippen LogP contribution in [0.1, 0.15) is 150 Å². The summed E-state index contributed by atoms with van der Waals surface area (Å²) >= 11 is 0. The fourth-order valence-electron chi connectivity index (χ4n) is 15.4. The van der Waals surface area contributed by atoms with Crippen molar-refractivity contribution in [3.05, 3.63) is 12.2 Å². The number of hydrogen-bond acceptors (Lipinski definition) is 4. The number of Topliss-reactive ketones (excluding diaryl/α,β-unsaturated/α-hetero) is 1. The van der Waals surface area contributed by atoms with Crippen molar-refractivity contribution in [3.63, 3.8) is 0 Å². The molecule has 0 aromatic heterocycles. The van der Waals surface area contributed by atoms with Gasteiger partial charge >= 0.3 is 11.9 Å². The summed E-state index contributed by atoms with van der Waals surface area (Å²) in [5, 5.41) is 30.7. The molecule has 8 aliphatic rings. The Bertz CT molecular complexity index is 1270. The van der Waals surface area contributed by atoms with Gasteiger partial charge in [-0.05, 0) is 161 Å². The van der Waals surface area contributed by atoms with Crippen molar-refractivity contribution in [2.45, 2.75) is 156 Å². The summed E-state index contributed by atoms with van der Waals surface area (Å²) in [5.41, 5.74) is -0.229. The van der Waals surface area contributed by atoms with Crippen LogP contribution in [0.2, 0.25) is 0 Å². The van der Waals surface area contributed by atoms with Crippen LogP contribution >= 0.6 is 0 Å². The fourth-order valence-corrected chi connectivity index (χ4v) is 15.4. The van der Waals surface area contributed by atoms with Crippen LogP contribution < -0.4 is 0 Å². The summed E-state index contributed by atoms with van der Waals surface area (Å²) in [6, 6.07) is 0. The van der Waals surface area contributed by atoms with Crippen LogP contribution in [0.15, 0.2) is 12.2 Å². The summed E-state index contributed by atoms with van der Waals surface area (Å²) in [6.45, 7) is 15.1. The molecule has 6 heteroatoms. The van der Waals surface area contributed by atoms with Gasteiger partial charge in [0.1, 0.15) is 5.78 Å². The van der Waals surface area contributed by atoms with Gasteiger partial charge in [0.25, 0.3) is 0 Å². The van der Waals surface area contributed by atoms with Crippen LogP contribution in [0.5, 0.6) is 0 Å². The SMILES string of the molecule is C=C1C[C@@]23CC[C@H]4[C@@](C)(CCC[C@@]4(C)C(=O)O)[C@@H]2CC[C@]1(O)C3.C[C@@]12CC[C@@H]3[C@@](CC[C@H]4[C@@]3(C)CCC[C@@]4(C)C(=O)O)(CC1=O)C2. The zero-order chi connectivity index (χ0) is 33.3. The molecule has 8 aliphatic carbocycles. The van der Waals surface area contributed by atoms with Crippen molar-refractivity contribution in [2.75, 3.05) is 0 Å². The molecule has 0 aromatic rings. The van der Waals surface area contributed by atoms with Gasteiger partial charge in [0.05, 0.1) is 16.4 Å². The topological polar surface area (TPSA) is 112 Å². The highest BCUT2D eigenvalue weighted by atomic mass is 16.4. The minimum Gasteiger partial charge on any atom is -0.481 e. The molecule has 0 amide bonds. The molecule has 0 radical (unpaired) electrons. The minimum absolute atomic E-state index is 0.0789. The third-order valence-corrected chi connectivity index (χ3v) is 17.5. The zero-order valence-corrected chi connectivity index (χ0v) is 29.3. The first-order valence-electron chi connectivity index (χ1n) is 18.7. The van der Waals surface area contributed by atoms with Crippen LogP contribution in [0.25, 0.3) is 0 Å². The van der Waals surface area contributed by atoms with Gasteiger partial charge in [-0.1, -0.05) is 40.2 Å². The lowest BCUT2D eigenvalue weighted by molar-refractivity contribution is -0.186. The maximum absolute atomic E-state index is 12.6. The number of fused-ring (bicyclic) bond motifs is 6. The molecule has 8 rings (SSSR count). The van der Waals surface area contributed by atoms with E-state index in [1.54, 1.807) is 0 Å². The molecule has 0 aliphatic heterocycles. The summed E-state index contributed by atoms with van der Waals surface area (Å²) in [6.07, 6.45) is 17.8. The lowest BCUT2D eigenvalue weighted by atomic mass is 9.40. The van der Waals surface area contributed by atoms with E-state index in [-0.39, 0.29) is 38.9 Å². The zero-order valence-electron chi connectivity index (χ0n) is 29.3. The molecule has 0 heterocycles. The highest BCUT2D eigenvalue weighted by Gasteiger charge is 2.69. The van der Waals surface area contributed by atoms with E-state index in [9.17, 15) is 29.7 Å². The second-order valence-corrected chi connectivity index (χ2v) is 19.6. The van der Waals surface area contributed by atoms with Crippen LogP contribution in [-0.2, 0) is 14.4 Å². The monoisotopic (exact) mass is 636 g/mol. The Labute approximate surface area is 276 Å². The predicted octanol–water partition coefficient (Wildman–Crippen LogP) is 8.60. The molecule has 0 unspecified atom stereocenters. The standard InChI is InChI=1S/2C20H30O3/c1-17-9-5-14-18(2)7-4-8-19(3,16(22)23)13(18)6-10-20(14,12-17)11-15(17)21;1-13-11-19-9-5-14-17(2,7-4-8-18(14,3)16(21)22)15(19)6-10-20(13,23)12-19/h13-14H,4-12H2,1-3H3,(H,22,23);14-15,23H,1,4-12H2,2-3H3,(H,21,22)/t13-,14-,17-,18+,19+,20-;14-,15-,17+,18+,19+,20-/m00/s1. The smallest absolute Gasteiger partial charge is 0.309 e. The van der Waals surface area contributed by atoms with Gasteiger partial charge in [0, 0.05) is 11.8 Å². The number of carbonyl (C=O) groups is 3. The van der Waals surface area contributed by atoms with Crippen LogP contribution in [0, 0.1) is 61.6 Å². The molecule has 0 saturated heterocycles. The van der Waals surface area contributed by atoms with Crippen LogP contribution in [-0.4, -0.2) is 38.6 Å². The van der Waals surface area contributed by atoms with Gasteiger partial charge in [0.2, 0.25) is 0 Å². The average molecular weight is 637 g/mol. The number of hydrogen-bond donors (Lipinski definition) is 3. The van der Waals surface area contributed by atoms with Gasteiger partial charge in [0.15, 0.2) is 0 Å². The van der Waals surface area contributed by atoms with E-state index >= 15 is 0 Å². The highest BCUT2D eigenvalue weighted by Crippen LogP contribution is 2.74. The van der Waals surface area contributed by atoms with E-state index in [4.69, 9.17) is 0 Å². The summed E-state index contributed by atoms with van der Waals surface area (Å²) < 4.78 is 0. The number of carboxylic acid groups (broad SMARTS) is 2. The first-order chi connectivity index (χ1) is 21.3. The van der Waals surface area contributed by atoms with Crippen LogP contribution in [0.3, 0.4) is 0 Å². The molecule has 4 bridgehead atoms. The molecule has 3 N–H and O–H groups in total. The second-order valence-electron chi connectivity index (χ2n) is 19.6. The van der Waals surface area contributed by atoms with E-state index in [0.717, 1.165) is 121 Å². The van der Waals surface area contributed by atoms with Crippen LogP contribution in [0.4, 0.5) is 0 Å². The number of carbonyl (C=O) groups excluding carboxylic acids is 1. The van der Waals surface area contributed by atoms with E-state index in [0.29, 0.717) is 17.6 Å². The largest absolute Gasteiger partial charge is 0.481 e. The second kappa shape index (κ2) is 9.94. The summed E-state index contributed by atoms with van der Waals surface area (Å²) in [7, 11) is 0. The Morgan fingerprint density at radius 1 is 0.630 bits per heavy atom. The van der Waals surface area contributed by atoms with E-state index in [1.807, 2.05) is 13.8 Å². The van der Waals surface area contributed by atoms with Crippen molar-refractivity contribution >= 4 is 17.7 Å². The molecule has 2 spiro atoms. The molecule has 6 nitrogen and oxygen atoms in total. The van der Waals surface area contributed by atoms with E-state index in [2.05, 4.69) is 27.4 Å². The summed E-state index contributed by atoms with van der Waals surface area (Å²) in [4.78, 5) is 36.7. The third kappa shape index (κ3) is 4.12. The van der Waals surface area contributed by atoms with Gasteiger partial charge < -0.3 is 15.3 Å². The third-order valence-electron chi connectivity index (χ3n) is 17.5. The first kappa shape index (κ1) is 32.8. The number of ketones is 1. The van der Waals surface area contributed by atoms with Gasteiger partial charge in [-0.3, -0.25) is 14.4 Å². The fraction of sp³-hybridized carbons (Fsp3) is 0.875. The normalized spacial score (nSPS) is 55.2. The first-order valence-corrected chi connectivity index (χ1v) is 18.7. The van der Waals surface area contributed by atoms with E-state index in [1.165, 1.54) is 0 Å². The average Bonchev–Trinajstić information content (AvgIpc) is 3.26. The molecular formula is C40H60O6. The molecule has 8 fully saturated rings. The number of aliphatic hydroxyl groups is 1. The quantitative estimate of drug-likeness (QED) is 0.262. The lowest BCUT2D eigenvalue weighted by Gasteiger charge is -2.63.